The lowest BCUT2D eigenvalue weighted by atomic mass is 10.1. The SMILES string of the molecule is Cc1nc2[nH]c(=O)nc(NCCCC(C)C)c2n1C. The maximum Gasteiger partial charge on any atom is 0.348 e. The topological polar surface area (TPSA) is 75.6 Å². The van der Waals surface area contributed by atoms with E-state index in [0.29, 0.717) is 17.4 Å². The van der Waals surface area contributed by atoms with Gasteiger partial charge in [0.2, 0.25) is 0 Å². The molecule has 2 aromatic heterocycles. The highest BCUT2D eigenvalue weighted by Gasteiger charge is 2.11. The molecule has 0 aliphatic rings. The fourth-order valence-corrected chi connectivity index (χ4v) is 2.09. The average Bonchev–Trinajstić information content (AvgIpc) is 2.60. The second-order valence-corrected chi connectivity index (χ2v) is 5.27. The van der Waals surface area contributed by atoms with Crippen molar-refractivity contribution in [2.75, 3.05) is 11.9 Å². The van der Waals surface area contributed by atoms with E-state index >= 15 is 0 Å². The van der Waals surface area contributed by atoms with E-state index in [9.17, 15) is 4.79 Å². The molecule has 104 valence electrons. The molecule has 6 nitrogen and oxygen atoms in total. The van der Waals surface area contributed by atoms with Crippen molar-refractivity contribution < 1.29 is 0 Å². The Hall–Kier alpha value is -1.85. The molecule has 2 rings (SSSR count). The number of aryl methyl sites for hydroxylation is 2. The minimum Gasteiger partial charge on any atom is -0.368 e. The first kappa shape index (κ1) is 13.6. The Kier molecular flexibility index (Phi) is 3.87. The van der Waals surface area contributed by atoms with Crippen LogP contribution in [0.4, 0.5) is 5.82 Å². The summed E-state index contributed by atoms with van der Waals surface area (Å²) in [5.74, 6) is 2.15. The molecule has 0 saturated heterocycles. The molecule has 0 amide bonds. The van der Waals surface area contributed by atoms with Crippen molar-refractivity contribution in [1.82, 2.24) is 19.5 Å². The Morgan fingerprint density at radius 3 is 2.79 bits per heavy atom. The number of aromatic nitrogens is 4. The van der Waals surface area contributed by atoms with Gasteiger partial charge in [0.25, 0.3) is 0 Å². The number of fused-ring (bicyclic) bond motifs is 1. The molecule has 0 aliphatic carbocycles. The largest absolute Gasteiger partial charge is 0.368 e. The first-order valence-electron chi connectivity index (χ1n) is 6.66. The summed E-state index contributed by atoms with van der Waals surface area (Å²) in [6.07, 6.45) is 2.22. The summed E-state index contributed by atoms with van der Waals surface area (Å²) in [4.78, 5) is 22.5. The fourth-order valence-electron chi connectivity index (χ4n) is 2.09. The molecule has 6 heteroatoms. The van der Waals surface area contributed by atoms with Crippen molar-refractivity contribution in [3.63, 3.8) is 0 Å². The van der Waals surface area contributed by atoms with E-state index in [2.05, 4.69) is 34.1 Å². The van der Waals surface area contributed by atoms with Crippen LogP contribution in [0.15, 0.2) is 4.79 Å². The van der Waals surface area contributed by atoms with Crippen molar-refractivity contribution in [3.8, 4) is 0 Å². The second-order valence-electron chi connectivity index (χ2n) is 5.27. The van der Waals surface area contributed by atoms with Crippen molar-refractivity contribution in [3.05, 3.63) is 16.3 Å². The number of nitrogens with zero attached hydrogens (tertiary/aromatic N) is 3. The highest BCUT2D eigenvalue weighted by atomic mass is 16.1. The lowest BCUT2D eigenvalue weighted by Gasteiger charge is -2.08. The summed E-state index contributed by atoms with van der Waals surface area (Å²) in [5, 5.41) is 3.25. The summed E-state index contributed by atoms with van der Waals surface area (Å²) >= 11 is 0. The highest BCUT2D eigenvalue weighted by molar-refractivity contribution is 5.83. The van der Waals surface area contributed by atoms with Crippen molar-refractivity contribution in [2.45, 2.75) is 33.6 Å². The molecule has 2 N–H and O–H groups in total. The van der Waals surface area contributed by atoms with Gasteiger partial charge in [-0.1, -0.05) is 13.8 Å². The van der Waals surface area contributed by atoms with E-state index < -0.39 is 0 Å². The van der Waals surface area contributed by atoms with E-state index in [0.717, 1.165) is 30.7 Å². The minimum absolute atomic E-state index is 0.364. The van der Waals surface area contributed by atoms with Gasteiger partial charge in [-0.25, -0.2) is 9.78 Å². The Bertz CT molecular complexity index is 626. The summed E-state index contributed by atoms with van der Waals surface area (Å²) in [6, 6.07) is 0. The number of imidazole rings is 1. The average molecular weight is 263 g/mol. The lowest BCUT2D eigenvalue weighted by molar-refractivity contribution is 0.566. The van der Waals surface area contributed by atoms with Crippen LogP contribution in [0.3, 0.4) is 0 Å². The highest BCUT2D eigenvalue weighted by Crippen LogP contribution is 2.18. The number of aromatic amines is 1. The molecule has 2 heterocycles. The van der Waals surface area contributed by atoms with Gasteiger partial charge < -0.3 is 9.88 Å². The molecule has 2 aromatic rings. The van der Waals surface area contributed by atoms with Gasteiger partial charge in [-0.15, -0.1) is 0 Å². The Morgan fingerprint density at radius 1 is 1.37 bits per heavy atom. The summed E-state index contributed by atoms with van der Waals surface area (Å²) in [6.45, 7) is 7.12. The van der Waals surface area contributed by atoms with Crippen LogP contribution in [-0.2, 0) is 7.05 Å². The quantitative estimate of drug-likeness (QED) is 0.807. The van der Waals surface area contributed by atoms with Crippen LogP contribution in [-0.4, -0.2) is 26.1 Å². The van der Waals surface area contributed by atoms with Crippen LogP contribution in [0.2, 0.25) is 0 Å². The molecule has 0 saturated carbocycles. The summed E-state index contributed by atoms with van der Waals surface area (Å²) in [7, 11) is 1.92. The normalized spacial score (nSPS) is 11.4. The van der Waals surface area contributed by atoms with E-state index in [1.54, 1.807) is 0 Å². The fraction of sp³-hybridized carbons (Fsp3) is 0.615. The molecule has 0 aromatic carbocycles. The van der Waals surface area contributed by atoms with Crippen molar-refractivity contribution in [2.24, 2.45) is 13.0 Å². The minimum atomic E-state index is -0.364. The number of hydrogen-bond acceptors (Lipinski definition) is 4. The predicted octanol–water partition coefficient (Wildman–Crippen LogP) is 1.81. The molecule has 0 spiro atoms. The van der Waals surface area contributed by atoms with E-state index in [1.807, 2.05) is 18.5 Å². The van der Waals surface area contributed by atoms with Crippen LogP contribution in [0.1, 0.15) is 32.5 Å². The van der Waals surface area contributed by atoms with E-state index in [4.69, 9.17) is 0 Å². The number of rotatable bonds is 5. The van der Waals surface area contributed by atoms with Gasteiger partial charge in [-0.3, -0.25) is 4.98 Å². The van der Waals surface area contributed by atoms with Gasteiger partial charge in [0.1, 0.15) is 11.3 Å². The van der Waals surface area contributed by atoms with Gasteiger partial charge in [-0.05, 0) is 25.7 Å². The molecule has 0 radical (unpaired) electrons. The Labute approximate surface area is 112 Å². The van der Waals surface area contributed by atoms with E-state index in [1.165, 1.54) is 0 Å². The van der Waals surface area contributed by atoms with Crippen molar-refractivity contribution >= 4 is 17.0 Å². The first-order valence-corrected chi connectivity index (χ1v) is 6.66. The molecule has 0 aliphatic heterocycles. The molecular formula is C13H21N5O. The number of H-pyrrole nitrogens is 1. The second kappa shape index (κ2) is 5.42. The molecule has 0 bridgehead atoms. The van der Waals surface area contributed by atoms with Crippen LogP contribution < -0.4 is 11.0 Å². The molecule has 0 unspecified atom stereocenters. The third kappa shape index (κ3) is 2.94. The molecule has 19 heavy (non-hydrogen) atoms. The number of nitrogens with one attached hydrogen (secondary N) is 2. The zero-order valence-corrected chi connectivity index (χ0v) is 11.9. The Balaban J connectivity index is 2.24. The van der Waals surface area contributed by atoms with Gasteiger partial charge in [-0.2, -0.15) is 4.98 Å². The maximum atomic E-state index is 11.5. The van der Waals surface area contributed by atoms with E-state index in [-0.39, 0.29) is 5.69 Å². The van der Waals surface area contributed by atoms with Crippen molar-refractivity contribution in [1.29, 1.82) is 0 Å². The van der Waals surface area contributed by atoms with Gasteiger partial charge in [0.05, 0.1) is 0 Å². The lowest BCUT2D eigenvalue weighted by Crippen LogP contribution is -2.15. The number of anilines is 1. The van der Waals surface area contributed by atoms with Crippen LogP contribution in [0.5, 0.6) is 0 Å². The maximum absolute atomic E-state index is 11.5. The van der Waals surface area contributed by atoms with Gasteiger partial charge in [0.15, 0.2) is 11.5 Å². The summed E-state index contributed by atoms with van der Waals surface area (Å²) < 4.78 is 1.93. The van der Waals surface area contributed by atoms with Gasteiger partial charge >= 0.3 is 5.69 Å². The standard InChI is InChI=1S/C13H21N5O/c1-8(2)6-5-7-14-11-10-12(17-13(19)16-11)15-9(3)18(10)4/h8H,5-7H2,1-4H3,(H2,14,16,17,19). The third-order valence-corrected chi connectivity index (χ3v) is 3.23. The first-order chi connectivity index (χ1) is 8.99. The van der Waals surface area contributed by atoms with Crippen LogP contribution in [0, 0.1) is 12.8 Å². The predicted molar refractivity (Wildman–Crippen MR) is 76.4 cm³/mol. The smallest absolute Gasteiger partial charge is 0.348 e. The summed E-state index contributed by atoms with van der Waals surface area (Å²) in [5.41, 5.74) is 1.07. The zero-order chi connectivity index (χ0) is 14.0. The molecular weight excluding hydrogens is 242 g/mol. The van der Waals surface area contributed by atoms with Crippen LogP contribution >= 0.6 is 0 Å². The Morgan fingerprint density at radius 2 is 2.11 bits per heavy atom. The van der Waals surface area contributed by atoms with Crippen LogP contribution in [0.25, 0.3) is 11.2 Å². The number of hydrogen-bond donors (Lipinski definition) is 2. The molecule has 0 atom stereocenters. The molecule has 0 fully saturated rings. The third-order valence-electron chi connectivity index (χ3n) is 3.23. The monoisotopic (exact) mass is 263 g/mol. The zero-order valence-electron chi connectivity index (χ0n) is 11.9. The van der Waals surface area contributed by atoms with Gasteiger partial charge in [0, 0.05) is 13.6 Å².